The molecule has 3 nitrogen and oxygen atoms in total. The normalized spacial score (nSPS) is 9.45. The monoisotopic (exact) mass is 149 g/mol. The molecule has 0 amide bonds. The second-order valence-corrected chi connectivity index (χ2v) is 2.28. The second-order valence-electron chi connectivity index (χ2n) is 2.28. The highest BCUT2D eigenvalue weighted by Crippen LogP contribution is 1.95. The number of hydrogen-bond acceptors (Lipinski definition) is 2. The van der Waals surface area contributed by atoms with Gasteiger partial charge in [-0.25, -0.2) is 0 Å². The van der Waals surface area contributed by atoms with E-state index in [4.69, 9.17) is 6.42 Å². The molecule has 0 saturated carbocycles. The summed E-state index contributed by atoms with van der Waals surface area (Å²) >= 11 is 0. The Labute approximate surface area is 66.4 Å². The van der Waals surface area contributed by atoms with E-state index in [9.17, 15) is 0 Å². The molecule has 11 heavy (non-hydrogen) atoms. The van der Waals surface area contributed by atoms with Gasteiger partial charge in [0, 0.05) is 18.3 Å². The van der Waals surface area contributed by atoms with Crippen molar-refractivity contribution < 1.29 is 0 Å². The molecule has 1 aromatic rings. The van der Waals surface area contributed by atoms with E-state index < -0.39 is 0 Å². The average molecular weight is 149 g/mol. The van der Waals surface area contributed by atoms with Crippen LogP contribution in [0.4, 0.5) is 0 Å². The van der Waals surface area contributed by atoms with Crippen molar-refractivity contribution >= 4 is 0 Å². The van der Waals surface area contributed by atoms with Gasteiger partial charge < -0.3 is 5.32 Å². The third kappa shape index (κ3) is 2.10. The van der Waals surface area contributed by atoms with Crippen molar-refractivity contribution in [3.63, 3.8) is 0 Å². The highest BCUT2D eigenvalue weighted by atomic mass is 15.3. The Morgan fingerprint density at radius 3 is 3.27 bits per heavy atom. The van der Waals surface area contributed by atoms with Gasteiger partial charge in [-0.1, -0.05) is 5.92 Å². The van der Waals surface area contributed by atoms with E-state index in [0.717, 1.165) is 12.1 Å². The van der Waals surface area contributed by atoms with Crippen molar-refractivity contribution in [2.24, 2.45) is 0 Å². The van der Waals surface area contributed by atoms with E-state index in [-0.39, 0.29) is 0 Å². The number of nitrogens with one attached hydrogen (secondary N) is 1. The summed E-state index contributed by atoms with van der Waals surface area (Å²) in [5, 5.41) is 7.09. The first-order chi connectivity index (χ1) is 5.36. The van der Waals surface area contributed by atoms with Crippen LogP contribution in [0.3, 0.4) is 0 Å². The number of nitrogens with zero attached hydrogens (tertiary/aromatic N) is 2. The summed E-state index contributed by atoms with van der Waals surface area (Å²) in [6.07, 6.45) is 8.87. The molecule has 58 valence electrons. The Bertz CT molecular complexity index is 257. The van der Waals surface area contributed by atoms with Gasteiger partial charge in [-0.05, 0) is 7.05 Å². The van der Waals surface area contributed by atoms with Crippen LogP contribution in [-0.4, -0.2) is 16.8 Å². The van der Waals surface area contributed by atoms with Crippen LogP contribution < -0.4 is 5.32 Å². The molecule has 0 fully saturated rings. The van der Waals surface area contributed by atoms with Crippen molar-refractivity contribution in [3.05, 3.63) is 18.0 Å². The molecule has 1 heterocycles. The standard InChI is InChI=1S/C8H11N3/c1-3-4-11-7-8(5-9-2)6-10-11/h1,6-7,9H,4-5H2,2H3. The Hall–Kier alpha value is -1.27. The Balaban J connectivity index is 2.60. The third-order valence-electron chi connectivity index (χ3n) is 1.32. The minimum Gasteiger partial charge on any atom is -0.316 e. The Morgan fingerprint density at radius 1 is 1.82 bits per heavy atom. The van der Waals surface area contributed by atoms with E-state index in [1.54, 1.807) is 4.68 Å². The van der Waals surface area contributed by atoms with Crippen LogP contribution in [-0.2, 0) is 13.1 Å². The van der Waals surface area contributed by atoms with Gasteiger partial charge in [-0.15, -0.1) is 6.42 Å². The van der Waals surface area contributed by atoms with Crippen molar-refractivity contribution in [2.75, 3.05) is 7.05 Å². The van der Waals surface area contributed by atoms with Crippen LogP contribution in [0.5, 0.6) is 0 Å². The van der Waals surface area contributed by atoms with E-state index in [1.165, 1.54) is 0 Å². The Kier molecular flexibility index (Phi) is 2.70. The zero-order valence-electron chi connectivity index (χ0n) is 6.54. The summed E-state index contributed by atoms with van der Waals surface area (Å²) in [7, 11) is 1.90. The molecular formula is C8H11N3. The van der Waals surface area contributed by atoms with Crippen LogP contribution >= 0.6 is 0 Å². The van der Waals surface area contributed by atoms with E-state index in [1.807, 2.05) is 19.4 Å². The molecule has 0 spiro atoms. The van der Waals surface area contributed by atoms with Gasteiger partial charge >= 0.3 is 0 Å². The molecular weight excluding hydrogens is 138 g/mol. The molecule has 0 aromatic carbocycles. The van der Waals surface area contributed by atoms with Crippen LogP contribution in [0.15, 0.2) is 12.4 Å². The fourth-order valence-corrected chi connectivity index (χ4v) is 0.882. The van der Waals surface area contributed by atoms with Crippen LogP contribution in [0.2, 0.25) is 0 Å². The summed E-state index contributed by atoms with van der Waals surface area (Å²) in [6, 6.07) is 0. The molecule has 0 aliphatic rings. The van der Waals surface area contributed by atoms with Crippen molar-refractivity contribution in [3.8, 4) is 12.3 Å². The summed E-state index contributed by atoms with van der Waals surface area (Å²) in [5.41, 5.74) is 1.16. The molecule has 0 atom stereocenters. The lowest BCUT2D eigenvalue weighted by atomic mass is 10.4. The van der Waals surface area contributed by atoms with Gasteiger partial charge in [0.1, 0.15) is 6.54 Å². The zero-order valence-corrected chi connectivity index (χ0v) is 6.54. The largest absolute Gasteiger partial charge is 0.316 e. The highest BCUT2D eigenvalue weighted by molar-refractivity contribution is 5.04. The topological polar surface area (TPSA) is 29.9 Å². The van der Waals surface area contributed by atoms with Gasteiger partial charge in [-0.2, -0.15) is 5.10 Å². The van der Waals surface area contributed by atoms with E-state index >= 15 is 0 Å². The molecule has 0 unspecified atom stereocenters. The summed E-state index contributed by atoms with van der Waals surface area (Å²) in [4.78, 5) is 0. The molecule has 1 aromatic heterocycles. The molecule has 0 radical (unpaired) electrons. The van der Waals surface area contributed by atoms with Gasteiger partial charge in [0.15, 0.2) is 0 Å². The summed E-state index contributed by atoms with van der Waals surface area (Å²) in [6.45, 7) is 1.38. The first-order valence-corrected chi connectivity index (χ1v) is 3.46. The summed E-state index contributed by atoms with van der Waals surface area (Å²) in [5.74, 6) is 2.52. The van der Waals surface area contributed by atoms with Crippen molar-refractivity contribution in [1.82, 2.24) is 15.1 Å². The maximum atomic E-state index is 5.12. The van der Waals surface area contributed by atoms with Crippen molar-refractivity contribution in [2.45, 2.75) is 13.1 Å². The summed E-state index contributed by atoms with van der Waals surface area (Å²) < 4.78 is 1.74. The first kappa shape index (κ1) is 7.83. The minimum atomic E-state index is 0.545. The third-order valence-corrected chi connectivity index (χ3v) is 1.32. The molecule has 1 N–H and O–H groups in total. The maximum Gasteiger partial charge on any atom is 0.101 e. The van der Waals surface area contributed by atoms with E-state index in [0.29, 0.717) is 6.54 Å². The van der Waals surface area contributed by atoms with E-state index in [2.05, 4.69) is 16.3 Å². The SMILES string of the molecule is C#CCn1cc(CNC)cn1. The van der Waals surface area contributed by atoms with Gasteiger partial charge in [0.2, 0.25) is 0 Å². The molecule has 3 heteroatoms. The number of aromatic nitrogens is 2. The fourth-order valence-electron chi connectivity index (χ4n) is 0.882. The maximum absolute atomic E-state index is 5.12. The van der Waals surface area contributed by atoms with Gasteiger partial charge in [-0.3, -0.25) is 4.68 Å². The number of hydrogen-bond donors (Lipinski definition) is 1. The fraction of sp³-hybridized carbons (Fsp3) is 0.375. The second kappa shape index (κ2) is 3.79. The lowest BCUT2D eigenvalue weighted by Gasteiger charge is -1.91. The highest BCUT2D eigenvalue weighted by Gasteiger charge is 1.93. The first-order valence-electron chi connectivity index (χ1n) is 3.46. The Morgan fingerprint density at radius 2 is 2.64 bits per heavy atom. The quantitative estimate of drug-likeness (QED) is 0.624. The molecule has 0 aliphatic carbocycles. The van der Waals surface area contributed by atoms with Gasteiger partial charge in [0.25, 0.3) is 0 Å². The predicted molar refractivity (Wildman–Crippen MR) is 43.8 cm³/mol. The smallest absolute Gasteiger partial charge is 0.101 e. The van der Waals surface area contributed by atoms with Crippen LogP contribution in [0.1, 0.15) is 5.56 Å². The molecule has 0 saturated heterocycles. The molecule has 0 bridgehead atoms. The molecule has 1 rings (SSSR count). The number of terminal acetylenes is 1. The van der Waals surface area contributed by atoms with Crippen LogP contribution in [0.25, 0.3) is 0 Å². The average Bonchev–Trinajstić information content (AvgIpc) is 2.38. The number of rotatable bonds is 3. The van der Waals surface area contributed by atoms with Gasteiger partial charge in [0.05, 0.1) is 6.20 Å². The lowest BCUT2D eigenvalue weighted by molar-refractivity contribution is 0.713. The van der Waals surface area contributed by atoms with Crippen LogP contribution in [0, 0.1) is 12.3 Å². The lowest BCUT2D eigenvalue weighted by Crippen LogP contribution is -2.03. The molecule has 0 aliphatic heterocycles. The zero-order chi connectivity index (χ0) is 8.10. The predicted octanol–water partition coefficient (Wildman–Crippen LogP) is 0.236. The minimum absolute atomic E-state index is 0.545. The van der Waals surface area contributed by atoms with Crippen molar-refractivity contribution in [1.29, 1.82) is 0 Å².